The lowest BCUT2D eigenvalue weighted by Gasteiger charge is -2.26. The summed E-state index contributed by atoms with van der Waals surface area (Å²) >= 11 is 0. The summed E-state index contributed by atoms with van der Waals surface area (Å²) in [6.07, 6.45) is 7.89. The van der Waals surface area contributed by atoms with Gasteiger partial charge in [0, 0.05) is 0 Å². The van der Waals surface area contributed by atoms with Gasteiger partial charge in [-0.05, 0) is 36.0 Å². The van der Waals surface area contributed by atoms with Crippen LogP contribution in [0, 0.1) is 6.92 Å². The van der Waals surface area contributed by atoms with E-state index in [9.17, 15) is 5.11 Å². The van der Waals surface area contributed by atoms with E-state index in [-0.39, 0.29) is 5.41 Å². The number of aryl methyl sites for hydroxylation is 1. The predicted molar refractivity (Wildman–Crippen MR) is 79.2 cm³/mol. The summed E-state index contributed by atoms with van der Waals surface area (Å²) in [7, 11) is 0. The first-order chi connectivity index (χ1) is 8.47. The Hall–Kier alpha value is -0.980. The highest BCUT2D eigenvalue weighted by Crippen LogP contribution is 2.31. The zero-order chi connectivity index (χ0) is 13.6. The highest BCUT2D eigenvalue weighted by Gasteiger charge is 2.20. The van der Waals surface area contributed by atoms with Crippen LogP contribution in [0.2, 0.25) is 0 Å². The number of phenolic OH excluding ortho intramolecular Hbond substituents is 1. The molecule has 0 atom stereocenters. The normalized spacial score (nSPS) is 11.8. The summed E-state index contributed by atoms with van der Waals surface area (Å²) < 4.78 is 0. The smallest absolute Gasteiger partial charge is 0.118 e. The van der Waals surface area contributed by atoms with Gasteiger partial charge in [-0.3, -0.25) is 0 Å². The molecule has 0 saturated heterocycles. The number of hydrogen-bond acceptors (Lipinski definition) is 1. The van der Waals surface area contributed by atoms with Gasteiger partial charge in [0.25, 0.3) is 0 Å². The Balaban J connectivity index is 2.54. The standard InChI is InChI=1S/C17H28O/c1-5-6-7-8-9-12-17(3,4)15-10-11-16(18)14(2)13-15/h10-11,13,18H,5-9,12H2,1-4H3. The van der Waals surface area contributed by atoms with E-state index in [0.29, 0.717) is 5.75 Å². The van der Waals surface area contributed by atoms with Crippen molar-refractivity contribution in [2.24, 2.45) is 0 Å². The van der Waals surface area contributed by atoms with Crippen LogP contribution in [0.15, 0.2) is 18.2 Å². The molecule has 0 radical (unpaired) electrons. The molecule has 0 unspecified atom stereocenters. The number of rotatable bonds is 7. The predicted octanol–water partition coefficient (Wildman–Crippen LogP) is 5.34. The first kappa shape index (κ1) is 15.1. The molecule has 0 aliphatic rings. The Morgan fingerprint density at radius 3 is 2.33 bits per heavy atom. The maximum absolute atomic E-state index is 9.58. The lowest BCUT2D eigenvalue weighted by atomic mass is 9.79. The molecule has 0 saturated carbocycles. The Labute approximate surface area is 112 Å². The van der Waals surface area contributed by atoms with Gasteiger partial charge in [0.15, 0.2) is 0 Å². The minimum atomic E-state index is 0.213. The lowest BCUT2D eigenvalue weighted by Crippen LogP contribution is -2.17. The molecule has 0 aliphatic heterocycles. The SMILES string of the molecule is CCCCCCCC(C)(C)c1ccc(O)c(C)c1. The van der Waals surface area contributed by atoms with Crippen molar-refractivity contribution in [1.29, 1.82) is 0 Å². The molecule has 0 aromatic heterocycles. The van der Waals surface area contributed by atoms with E-state index in [0.717, 1.165) is 5.56 Å². The van der Waals surface area contributed by atoms with Crippen LogP contribution < -0.4 is 0 Å². The molecule has 102 valence electrons. The molecular formula is C17H28O. The second-order valence-electron chi connectivity index (χ2n) is 6.05. The maximum Gasteiger partial charge on any atom is 0.118 e. The van der Waals surface area contributed by atoms with Crippen LogP contribution >= 0.6 is 0 Å². The number of hydrogen-bond donors (Lipinski definition) is 1. The van der Waals surface area contributed by atoms with Gasteiger partial charge < -0.3 is 5.11 Å². The lowest BCUT2D eigenvalue weighted by molar-refractivity contribution is 0.440. The zero-order valence-corrected chi connectivity index (χ0v) is 12.4. The van der Waals surface area contributed by atoms with E-state index in [1.165, 1.54) is 44.1 Å². The third kappa shape index (κ3) is 4.36. The van der Waals surface area contributed by atoms with Gasteiger partial charge >= 0.3 is 0 Å². The Morgan fingerprint density at radius 2 is 1.72 bits per heavy atom. The zero-order valence-electron chi connectivity index (χ0n) is 12.4. The molecule has 0 amide bonds. The Bertz CT molecular complexity index is 366. The van der Waals surface area contributed by atoms with E-state index in [2.05, 4.69) is 32.9 Å². The average Bonchev–Trinajstić information content (AvgIpc) is 2.32. The van der Waals surface area contributed by atoms with Crippen LogP contribution in [-0.4, -0.2) is 5.11 Å². The van der Waals surface area contributed by atoms with Crippen LogP contribution in [0.1, 0.15) is 70.4 Å². The molecule has 18 heavy (non-hydrogen) atoms. The van der Waals surface area contributed by atoms with E-state index in [4.69, 9.17) is 0 Å². The summed E-state index contributed by atoms with van der Waals surface area (Å²) in [5.41, 5.74) is 2.53. The topological polar surface area (TPSA) is 20.2 Å². The molecule has 0 heterocycles. The summed E-state index contributed by atoms with van der Waals surface area (Å²) in [6, 6.07) is 6.01. The Kier molecular flexibility index (Phi) is 5.71. The minimum Gasteiger partial charge on any atom is -0.508 e. The van der Waals surface area contributed by atoms with Gasteiger partial charge in [-0.25, -0.2) is 0 Å². The molecule has 1 aromatic rings. The van der Waals surface area contributed by atoms with Crippen molar-refractivity contribution in [3.8, 4) is 5.75 Å². The third-order valence-electron chi connectivity index (χ3n) is 3.88. The van der Waals surface area contributed by atoms with Crippen LogP contribution in [0.4, 0.5) is 0 Å². The number of aromatic hydroxyl groups is 1. The van der Waals surface area contributed by atoms with Gasteiger partial charge in [0.2, 0.25) is 0 Å². The largest absolute Gasteiger partial charge is 0.508 e. The quantitative estimate of drug-likeness (QED) is 0.646. The highest BCUT2D eigenvalue weighted by molar-refractivity contribution is 5.37. The Morgan fingerprint density at radius 1 is 1.06 bits per heavy atom. The van der Waals surface area contributed by atoms with Crippen LogP contribution in [0.25, 0.3) is 0 Å². The molecular weight excluding hydrogens is 220 g/mol. The monoisotopic (exact) mass is 248 g/mol. The average molecular weight is 248 g/mol. The molecule has 0 aliphatic carbocycles. The van der Waals surface area contributed by atoms with E-state index in [1.807, 2.05) is 13.0 Å². The van der Waals surface area contributed by atoms with Crippen molar-refractivity contribution in [3.05, 3.63) is 29.3 Å². The molecule has 1 rings (SSSR count). The van der Waals surface area contributed by atoms with Crippen molar-refractivity contribution < 1.29 is 5.11 Å². The van der Waals surface area contributed by atoms with Crippen LogP contribution in [-0.2, 0) is 5.41 Å². The van der Waals surface area contributed by atoms with Crippen molar-refractivity contribution in [2.45, 2.75) is 71.6 Å². The van der Waals surface area contributed by atoms with E-state index in [1.54, 1.807) is 0 Å². The number of phenols is 1. The van der Waals surface area contributed by atoms with Crippen molar-refractivity contribution in [1.82, 2.24) is 0 Å². The van der Waals surface area contributed by atoms with E-state index >= 15 is 0 Å². The van der Waals surface area contributed by atoms with Crippen LogP contribution in [0.3, 0.4) is 0 Å². The second-order valence-corrected chi connectivity index (χ2v) is 6.05. The summed E-state index contributed by atoms with van der Waals surface area (Å²) in [5.74, 6) is 0.400. The number of benzene rings is 1. The molecule has 1 heteroatoms. The summed E-state index contributed by atoms with van der Waals surface area (Å²) in [5, 5.41) is 9.58. The first-order valence-corrected chi connectivity index (χ1v) is 7.27. The van der Waals surface area contributed by atoms with Crippen molar-refractivity contribution in [3.63, 3.8) is 0 Å². The molecule has 0 spiro atoms. The van der Waals surface area contributed by atoms with Gasteiger partial charge in [-0.1, -0.05) is 65.0 Å². The number of unbranched alkanes of at least 4 members (excludes halogenated alkanes) is 4. The van der Waals surface area contributed by atoms with Crippen molar-refractivity contribution >= 4 is 0 Å². The fourth-order valence-electron chi connectivity index (χ4n) is 2.39. The molecule has 1 aromatic carbocycles. The highest BCUT2D eigenvalue weighted by atomic mass is 16.3. The van der Waals surface area contributed by atoms with Gasteiger partial charge in [0.1, 0.15) is 5.75 Å². The van der Waals surface area contributed by atoms with Crippen LogP contribution in [0.5, 0.6) is 5.75 Å². The van der Waals surface area contributed by atoms with Gasteiger partial charge in [-0.2, -0.15) is 0 Å². The molecule has 0 bridgehead atoms. The maximum atomic E-state index is 9.58. The molecule has 0 fully saturated rings. The molecule has 1 N–H and O–H groups in total. The fraction of sp³-hybridized carbons (Fsp3) is 0.647. The third-order valence-corrected chi connectivity index (χ3v) is 3.88. The first-order valence-electron chi connectivity index (χ1n) is 7.27. The van der Waals surface area contributed by atoms with Gasteiger partial charge in [0.05, 0.1) is 0 Å². The minimum absolute atomic E-state index is 0.213. The van der Waals surface area contributed by atoms with Gasteiger partial charge in [-0.15, -0.1) is 0 Å². The molecule has 1 nitrogen and oxygen atoms in total. The summed E-state index contributed by atoms with van der Waals surface area (Å²) in [4.78, 5) is 0. The second kappa shape index (κ2) is 6.82. The van der Waals surface area contributed by atoms with Crippen molar-refractivity contribution in [2.75, 3.05) is 0 Å². The van der Waals surface area contributed by atoms with E-state index < -0.39 is 0 Å². The summed E-state index contributed by atoms with van der Waals surface area (Å²) in [6.45, 7) is 8.83. The fourth-order valence-corrected chi connectivity index (χ4v) is 2.39.